The molecule has 0 saturated carbocycles. The Morgan fingerprint density at radius 1 is 1.17 bits per heavy atom. The van der Waals surface area contributed by atoms with Crippen LogP contribution in [0.1, 0.15) is 16.2 Å². The van der Waals surface area contributed by atoms with Crippen molar-refractivity contribution in [3.05, 3.63) is 63.9 Å². The number of anilines is 1. The third-order valence-corrected chi connectivity index (χ3v) is 5.65. The molecule has 0 aliphatic heterocycles. The van der Waals surface area contributed by atoms with Gasteiger partial charge in [-0.1, -0.05) is 46.7 Å². The summed E-state index contributed by atoms with van der Waals surface area (Å²) in [5, 5.41) is 19.8. The van der Waals surface area contributed by atoms with Crippen LogP contribution in [-0.4, -0.2) is 30.8 Å². The lowest BCUT2D eigenvalue weighted by Crippen LogP contribution is -2.34. The van der Waals surface area contributed by atoms with Gasteiger partial charge in [-0.2, -0.15) is 9.61 Å². The fraction of sp³-hybridized carbons (Fsp3) is 0.0556. The highest BCUT2D eigenvalue weighted by Crippen LogP contribution is 2.31. The highest BCUT2D eigenvalue weighted by molar-refractivity contribution is 7.80. The SMILES string of the molecule is Cc1nnc2sc(-c3ccccc3NC(=S)NC(=O)c3cc(Cl)ccc3Cl)nn12. The lowest BCUT2D eigenvalue weighted by atomic mass is 10.2. The van der Waals surface area contributed by atoms with E-state index in [-0.39, 0.29) is 15.7 Å². The van der Waals surface area contributed by atoms with Gasteiger partial charge in [0, 0.05) is 10.6 Å². The molecule has 2 aromatic carbocycles. The van der Waals surface area contributed by atoms with E-state index in [2.05, 4.69) is 25.9 Å². The Kier molecular flexibility index (Phi) is 5.46. The number of rotatable bonds is 3. The zero-order valence-corrected chi connectivity index (χ0v) is 18.0. The summed E-state index contributed by atoms with van der Waals surface area (Å²) in [6.45, 7) is 1.83. The normalized spacial score (nSPS) is 10.9. The Morgan fingerprint density at radius 3 is 2.76 bits per heavy atom. The van der Waals surface area contributed by atoms with Gasteiger partial charge in [0.15, 0.2) is 10.9 Å². The van der Waals surface area contributed by atoms with Crippen LogP contribution < -0.4 is 10.6 Å². The Balaban J connectivity index is 1.56. The molecule has 2 N–H and O–H groups in total. The lowest BCUT2D eigenvalue weighted by Gasteiger charge is -2.13. The van der Waals surface area contributed by atoms with Crippen LogP contribution in [-0.2, 0) is 0 Å². The zero-order chi connectivity index (χ0) is 20.5. The molecule has 2 aromatic heterocycles. The first-order chi connectivity index (χ1) is 13.9. The Labute approximate surface area is 184 Å². The number of carbonyl (C=O) groups excluding carboxylic acids is 1. The summed E-state index contributed by atoms with van der Waals surface area (Å²) in [5.41, 5.74) is 1.75. The monoisotopic (exact) mass is 462 g/mol. The first-order valence-electron chi connectivity index (χ1n) is 8.28. The van der Waals surface area contributed by atoms with Crippen molar-refractivity contribution in [1.29, 1.82) is 0 Å². The summed E-state index contributed by atoms with van der Waals surface area (Å²) in [7, 11) is 0. The molecule has 0 saturated heterocycles. The molecular weight excluding hydrogens is 451 g/mol. The van der Waals surface area contributed by atoms with E-state index < -0.39 is 5.91 Å². The first-order valence-corrected chi connectivity index (χ1v) is 10.3. The number of amides is 1. The summed E-state index contributed by atoms with van der Waals surface area (Å²) in [6, 6.07) is 12.1. The molecule has 0 aliphatic carbocycles. The van der Waals surface area contributed by atoms with Crippen LogP contribution >= 0.6 is 46.8 Å². The molecule has 0 fully saturated rings. The van der Waals surface area contributed by atoms with Crippen LogP contribution in [0.4, 0.5) is 5.69 Å². The standard InChI is InChI=1S/C18H12Cl2N6OS2/c1-9-23-24-18-26(9)25-16(29-18)11-4-2-3-5-14(11)21-17(28)22-15(27)12-8-10(19)6-7-13(12)20/h2-8H,1H3,(H2,21,22,27,28). The highest BCUT2D eigenvalue weighted by atomic mass is 35.5. The predicted octanol–water partition coefficient (Wildman–Crippen LogP) is 4.59. The smallest absolute Gasteiger partial charge is 0.258 e. The van der Waals surface area contributed by atoms with Gasteiger partial charge in [0.25, 0.3) is 5.91 Å². The van der Waals surface area contributed by atoms with E-state index in [1.807, 2.05) is 31.2 Å². The molecule has 0 unspecified atom stereocenters. The maximum Gasteiger partial charge on any atom is 0.258 e. The number of benzene rings is 2. The van der Waals surface area contributed by atoms with Crippen LogP contribution in [0.5, 0.6) is 0 Å². The number of nitrogens with one attached hydrogen (secondary N) is 2. The van der Waals surface area contributed by atoms with E-state index >= 15 is 0 Å². The quantitative estimate of drug-likeness (QED) is 0.433. The molecule has 146 valence electrons. The molecule has 4 aromatic rings. The van der Waals surface area contributed by atoms with Crippen LogP contribution in [0.3, 0.4) is 0 Å². The summed E-state index contributed by atoms with van der Waals surface area (Å²) in [4.78, 5) is 13.2. The van der Waals surface area contributed by atoms with Crippen LogP contribution in [0.15, 0.2) is 42.5 Å². The third-order valence-electron chi connectivity index (χ3n) is 3.95. The van der Waals surface area contributed by atoms with E-state index in [0.29, 0.717) is 21.5 Å². The van der Waals surface area contributed by atoms with Gasteiger partial charge in [-0.3, -0.25) is 10.1 Å². The number of nitrogens with zero attached hydrogens (tertiary/aromatic N) is 4. The molecule has 1 amide bonds. The molecule has 7 nitrogen and oxygen atoms in total. The van der Waals surface area contributed by atoms with E-state index in [4.69, 9.17) is 35.4 Å². The topological polar surface area (TPSA) is 84.2 Å². The second-order valence-electron chi connectivity index (χ2n) is 5.93. The molecule has 0 atom stereocenters. The van der Waals surface area contributed by atoms with E-state index in [1.165, 1.54) is 17.4 Å². The first kappa shape index (κ1) is 19.7. The summed E-state index contributed by atoms with van der Waals surface area (Å²) in [6.07, 6.45) is 0. The molecule has 0 bridgehead atoms. The Bertz CT molecular complexity index is 1250. The number of thiocarbonyl (C=S) groups is 1. The predicted molar refractivity (Wildman–Crippen MR) is 119 cm³/mol. The van der Waals surface area contributed by atoms with Crippen molar-refractivity contribution < 1.29 is 4.79 Å². The number of halogens is 2. The van der Waals surface area contributed by atoms with E-state index in [0.717, 1.165) is 10.6 Å². The summed E-state index contributed by atoms with van der Waals surface area (Å²) in [5.74, 6) is 0.246. The molecule has 11 heteroatoms. The van der Waals surface area contributed by atoms with Gasteiger partial charge in [-0.25, -0.2) is 0 Å². The van der Waals surface area contributed by atoms with Gasteiger partial charge in [0.1, 0.15) is 5.01 Å². The van der Waals surface area contributed by atoms with Crippen molar-refractivity contribution in [2.45, 2.75) is 6.92 Å². The molecule has 0 spiro atoms. The van der Waals surface area contributed by atoms with Crippen molar-refractivity contribution in [2.24, 2.45) is 0 Å². The third kappa shape index (κ3) is 4.08. The molecule has 2 heterocycles. The number of para-hydroxylation sites is 1. The number of hydrogen-bond acceptors (Lipinski definition) is 6. The molecule has 29 heavy (non-hydrogen) atoms. The Morgan fingerprint density at radius 2 is 1.97 bits per heavy atom. The minimum absolute atomic E-state index is 0.123. The van der Waals surface area contributed by atoms with Crippen LogP contribution in [0, 0.1) is 6.92 Å². The number of hydrogen-bond donors (Lipinski definition) is 2. The number of carbonyl (C=O) groups is 1. The second kappa shape index (κ2) is 8.03. The van der Waals surface area contributed by atoms with Gasteiger partial charge < -0.3 is 5.32 Å². The minimum Gasteiger partial charge on any atom is -0.332 e. The van der Waals surface area contributed by atoms with Gasteiger partial charge in [-0.05, 0) is 49.5 Å². The summed E-state index contributed by atoms with van der Waals surface area (Å²) < 4.78 is 1.68. The largest absolute Gasteiger partial charge is 0.332 e. The van der Waals surface area contributed by atoms with Gasteiger partial charge in [0.05, 0.1) is 16.3 Å². The van der Waals surface area contributed by atoms with Gasteiger partial charge >= 0.3 is 0 Å². The van der Waals surface area contributed by atoms with E-state index in [1.54, 1.807) is 16.6 Å². The molecule has 4 rings (SSSR count). The average molecular weight is 463 g/mol. The minimum atomic E-state index is -0.457. The van der Waals surface area contributed by atoms with Gasteiger partial charge in [0.2, 0.25) is 4.96 Å². The zero-order valence-electron chi connectivity index (χ0n) is 14.8. The van der Waals surface area contributed by atoms with Gasteiger partial charge in [-0.15, -0.1) is 10.2 Å². The van der Waals surface area contributed by atoms with E-state index in [9.17, 15) is 4.79 Å². The van der Waals surface area contributed by atoms with Crippen molar-refractivity contribution in [1.82, 2.24) is 25.1 Å². The lowest BCUT2D eigenvalue weighted by molar-refractivity contribution is 0.0978. The van der Waals surface area contributed by atoms with Crippen molar-refractivity contribution in [2.75, 3.05) is 5.32 Å². The average Bonchev–Trinajstić information content (AvgIpc) is 3.26. The van der Waals surface area contributed by atoms with Crippen LogP contribution in [0.25, 0.3) is 15.5 Å². The highest BCUT2D eigenvalue weighted by Gasteiger charge is 2.16. The molecule has 0 aliphatic rings. The molecule has 0 radical (unpaired) electrons. The fourth-order valence-corrected chi connectivity index (χ4v) is 4.10. The fourth-order valence-electron chi connectivity index (χ4n) is 2.60. The number of fused-ring (bicyclic) bond motifs is 1. The van der Waals surface area contributed by atoms with Crippen molar-refractivity contribution in [3.8, 4) is 10.6 Å². The molecular formula is C18H12Cl2N6OS2. The second-order valence-corrected chi connectivity index (χ2v) is 8.13. The van der Waals surface area contributed by atoms with Crippen LogP contribution in [0.2, 0.25) is 10.0 Å². The van der Waals surface area contributed by atoms with Crippen molar-refractivity contribution >= 4 is 68.4 Å². The number of aromatic nitrogens is 4. The number of aryl methyl sites for hydroxylation is 1. The summed E-state index contributed by atoms with van der Waals surface area (Å²) >= 11 is 18.7. The maximum atomic E-state index is 12.5. The van der Waals surface area contributed by atoms with Crippen molar-refractivity contribution in [3.63, 3.8) is 0 Å². The Hall–Kier alpha value is -2.59. The maximum absolute atomic E-state index is 12.5.